The van der Waals surface area contributed by atoms with E-state index in [0.29, 0.717) is 6.54 Å². The Hall–Kier alpha value is -1.13. The molecule has 0 aliphatic rings. The Morgan fingerprint density at radius 2 is 2.36 bits per heavy atom. The number of nitrogens with one attached hydrogen (secondary N) is 1. The van der Waals surface area contributed by atoms with Gasteiger partial charge >= 0.3 is 0 Å². The monoisotopic (exact) mass is 195 g/mol. The van der Waals surface area contributed by atoms with Gasteiger partial charge in [-0.05, 0) is 31.1 Å². The van der Waals surface area contributed by atoms with Crippen molar-refractivity contribution < 1.29 is 0 Å². The Morgan fingerprint density at radius 1 is 1.57 bits per heavy atom. The molecule has 78 valence electrons. The van der Waals surface area contributed by atoms with Gasteiger partial charge in [-0.2, -0.15) is 0 Å². The highest BCUT2D eigenvalue weighted by Crippen LogP contribution is 1.92. The number of hydrogen-bond donors (Lipinski definition) is 2. The molecule has 1 aromatic rings. The van der Waals surface area contributed by atoms with E-state index in [1.807, 2.05) is 6.07 Å². The molecular formula is C10H17N3O. The second-order valence-electron chi connectivity index (χ2n) is 3.30. The first-order chi connectivity index (χ1) is 6.74. The lowest BCUT2D eigenvalue weighted by Gasteiger charge is -2.04. The average Bonchev–Trinajstić information content (AvgIpc) is 2.18. The number of nitrogens with zero attached hydrogens (tertiary/aromatic N) is 1. The van der Waals surface area contributed by atoms with E-state index in [2.05, 4.69) is 5.32 Å². The molecule has 1 heterocycles. The van der Waals surface area contributed by atoms with Crippen LogP contribution in [0.15, 0.2) is 23.1 Å². The third kappa shape index (κ3) is 3.32. The van der Waals surface area contributed by atoms with Gasteiger partial charge in [-0.3, -0.25) is 4.79 Å². The number of hydrogen-bond acceptors (Lipinski definition) is 3. The highest BCUT2D eigenvalue weighted by Gasteiger charge is 1.94. The van der Waals surface area contributed by atoms with E-state index >= 15 is 0 Å². The maximum atomic E-state index is 11.2. The molecule has 0 aliphatic carbocycles. The van der Waals surface area contributed by atoms with Crippen LogP contribution >= 0.6 is 0 Å². The molecule has 4 heteroatoms. The first kappa shape index (κ1) is 10.9. The Labute approximate surface area is 83.7 Å². The van der Waals surface area contributed by atoms with Crippen LogP contribution in [0, 0.1) is 0 Å². The predicted molar refractivity (Wildman–Crippen MR) is 57.1 cm³/mol. The zero-order valence-corrected chi connectivity index (χ0v) is 8.49. The lowest BCUT2D eigenvalue weighted by atomic mass is 10.2. The second-order valence-corrected chi connectivity index (χ2v) is 3.30. The number of pyridine rings is 1. The summed E-state index contributed by atoms with van der Waals surface area (Å²) < 4.78 is 1.56. The van der Waals surface area contributed by atoms with Gasteiger partial charge in [-0.15, -0.1) is 0 Å². The molecule has 0 amide bonds. The summed E-state index contributed by atoms with van der Waals surface area (Å²) in [4.78, 5) is 11.2. The normalized spacial score (nSPS) is 10.4. The van der Waals surface area contributed by atoms with Crippen molar-refractivity contribution >= 4 is 0 Å². The fourth-order valence-electron chi connectivity index (χ4n) is 1.16. The van der Waals surface area contributed by atoms with E-state index in [-0.39, 0.29) is 5.56 Å². The molecule has 1 aromatic heterocycles. The van der Waals surface area contributed by atoms with Crippen molar-refractivity contribution in [1.82, 2.24) is 9.88 Å². The number of nitrogens with two attached hydrogens (primary N) is 1. The Kier molecular flexibility index (Phi) is 4.35. The van der Waals surface area contributed by atoms with Gasteiger partial charge in [0.15, 0.2) is 0 Å². The van der Waals surface area contributed by atoms with Crippen molar-refractivity contribution in [3.05, 3.63) is 34.2 Å². The SMILES string of the molecule is Cn1ccc(CNCCCN)cc1=O. The van der Waals surface area contributed by atoms with Gasteiger partial charge in [0.25, 0.3) is 5.56 Å². The van der Waals surface area contributed by atoms with Crippen LogP contribution in [-0.4, -0.2) is 17.7 Å². The van der Waals surface area contributed by atoms with Crippen LogP contribution in [0.1, 0.15) is 12.0 Å². The fraction of sp³-hybridized carbons (Fsp3) is 0.500. The largest absolute Gasteiger partial charge is 0.330 e. The van der Waals surface area contributed by atoms with E-state index < -0.39 is 0 Å². The molecule has 0 unspecified atom stereocenters. The maximum absolute atomic E-state index is 11.2. The maximum Gasteiger partial charge on any atom is 0.250 e. The smallest absolute Gasteiger partial charge is 0.250 e. The zero-order valence-electron chi connectivity index (χ0n) is 8.49. The molecule has 1 rings (SSSR count). The molecule has 0 aromatic carbocycles. The molecule has 4 nitrogen and oxygen atoms in total. The molecule has 14 heavy (non-hydrogen) atoms. The van der Waals surface area contributed by atoms with Crippen molar-refractivity contribution in [3.8, 4) is 0 Å². The van der Waals surface area contributed by atoms with Gasteiger partial charge in [-0.25, -0.2) is 0 Å². The number of rotatable bonds is 5. The van der Waals surface area contributed by atoms with Crippen molar-refractivity contribution in [2.45, 2.75) is 13.0 Å². The predicted octanol–water partition coefficient (Wildman–Crippen LogP) is -0.176. The highest BCUT2D eigenvalue weighted by atomic mass is 16.1. The first-order valence-electron chi connectivity index (χ1n) is 4.80. The molecule has 0 bridgehead atoms. The Bertz CT molecular complexity index is 332. The van der Waals surface area contributed by atoms with Gasteiger partial charge in [-0.1, -0.05) is 0 Å². The summed E-state index contributed by atoms with van der Waals surface area (Å²) in [5.41, 5.74) is 6.41. The van der Waals surface area contributed by atoms with E-state index in [0.717, 1.165) is 25.1 Å². The van der Waals surface area contributed by atoms with Crippen LogP contribution in [0.4, 0.5) is 0 Å². The minimum Gasteiger partial charge on any atom is -0.330 e. The second kappa shape index (κ2) is 5.57. The van der Waals surface area contributed by atoms with E-state index in [4.69, 9.17) is 5.73 Å². The molecule has 0 radical (unpaired) electrons. The Balaban J connectivity index is 2.44. The van der Waals surface area contributed by atoms with Gasteiger partial charge in [0, 0.05) is 25.9 Å². The number of aryl methyl sites for hydroxylation is 1. The first-order valence-corrected chi connectivity index (χ1v) is 4.80. The van der Waals surface area contributed by atoms with Gasteiger partial charge in [0.05, 0.1) is 0 Å². The summed E-state index contributed by atoms with van der Waals surface area (Å²) in [5.74, 6) is 0. The summed E-state index contributed by atoms with van der Waals surface area (Å²) in [6.45, 7) is 2.32. The van der Waals surface area contributed by atoms with E-state index in [1.54, 1.807) is 23.9 Å². The molecule has 3 N–H and O–H groups in total. The van der Waals surface area contributed by atoms with Gasteiger partial charge in [0.2, 0.25) is 0 Å². The fourth-order valence-corrected chi connectivity index (χ4v) is 1.16. The molecular weight excluding hydrogens is 178 g/mol. The third-order valence-corrected chi connectivity index (χ3v) is 2.06. The highest BCUT2D eigenvalue weighted by molar-refractivity contribution is 5.10. The quantitative estimate of drug-likeness (QED) is 0.641. The van der Waals surface area contributed by atoms with Gasteiger partial charge < -0.3 is 15.6 Å². The number of aromatic nitrogens is 1. The van der Waals surface area contributed by atoms with Crippen LogP contribution < -0.4 is 16.6 Å². The summed E-state index contributed by atoms with van der Waals surface area (Å²) >= 11 is 0. The van der Waals surface area contributed by atoms with E-state index in [1.165, 1.54) is 0 Å². The van der Waals surface area contributed by atoms with Crippen LogP contribution in [0.2, 0.25) is 0 Å². The van der Waals surface area contributed by atoms with Gasteiger partial charge in [0.1, 0.15) is 0 Å². The molecule has 0 fully saturated rings. The summed E-state index contributed by atoms with van der Waals surface area (Å²) in [6.07, 6.45) is 2.74. The minimum atomic E-state index is 0.0307. The van der Waals surface area contributed by atoms with Crippen molar-refractivity contribution in [3.63, 3.8) is 0 Å². The van der Waals surface area contributed by atoms with Crippen molar-refractivity contribution in [1.29, 1.82) is 0 Å². The van der Waals surface area contributed by atoms with Crippen LogP contribution in [-0.2, 0) is 13.6 Å². The average molecular weight is 195 g/mol. The van der Waals surface area contributed by atoms with Crippen LogP contribution in [0.3, 0.4) is 0 Å². The standard InChI is InChI=1S/C10H17N3O/c1-13-6-3-9(7-10(13)14)8-12-5-2-4-11/h3,6-7,12H,2,4-5,8,11H2,1H3. The summed E-state index contributed by atoms with van der Waals surface area (Å²) in [6, 6.07) is 3.59. The minimum absolute atomic E-state index is 0.0307. The Morgan fingerprint density at radius 3 is 3.00 bits per heavy atom. The molecule has 0 atom stereocenters. The lowest BCUT2D eigenvalue weighted by molar-refractivity contribution is 0.653. The summed E-state index contributed by atoms with van der Waals surface area (Å²) in [5, 5.41) is 3.22. The third-order valence-electron chi connectivity index (χ3n) is 2.06. The van der Waals surface area contributed by atoms with E-state index in [9.17, 15) is 4.79 Å². The van der Waals surface area contributed by atoms with Crippen LogP contribution in [0.5, 0.6) is 0 Å². The zero-order chi connectivity index (χ0) is 10.4. The molecule has 0 saturated carbocycles. The lowest BCUT2D eigenvalue weighted by Crippen LogP contribution is -2.20. The van der Waals surface area contributed by atoms with Crippen LogP contribution in [0.25, 0.3) is 0 Å². The molecule has 0 spiro atoms. The topological polar surface area (TPSA) is 60.1 Å². The molecule has 0 saturated heterocycles. The molecule has 0 aliphatic heterocycles. The summed E-state index contributed by atoms with van der Waals surface area (Å²) in [7, 11) is 1.74. The van der Waals surface area contributed by atoms with Crippen molar-refractivity contribution in [2.75, 3.05) is 13.1 Å². The van der Waals surface area contributed by atoms with Crippen molar-refractivity contribution in [2.24, 2.45) is 12.8 Å².